The van der Waals surface area contributed by atoms with Crippen molar-refractivity contribution in [1.82, 2.24) is 9.80 Å². The maximum Gasteiger partial charge on any atom is 0.261 e. The Morgan fingerprint density at radius 3 is 2.04 bits per heavy atom. The summed E-state index contributed by atoms with van der Waals surface area (Å²) in [5.41, 5.74) is 2.36. The summed E-state index contributed by atoms with van der Waals surface area (Å²) in [6.45, 7) is 8.20. The largest absolute Gasteiger partial charge is 0.368 e. The van der Waals surface area contributed by atoms with Crippen LogP contribution in [-0.4, -0.2) is 61.9 Å². The number of piperazine rings is 1. The van der Waals surface area contributed by atoms with Crippen molar-refractivity contribution < 1.29 is 9.59 Å². The molecule has 5 heteroatoms. The van der Waals surface area contributed by atoms with Gasteiger partial charge in [-0.3, -0.25) is 14.5 Å². The number of rotatable bonds is 1. The minimum absolute atomic E-state index is 0.219. The SMILES string of the molecule is CCC.CN1CCN(c2ccc3c4c(cccc24)C(=O)N(C)C3=O)CC1. The van der Waals surface area contributed by atoms with E-state index in [9.17, 15) is 9.59 Å². The van der Waals surface area contributed by atoms with E-state index < -0.39 is 0 Å². The lowest BCUT2D eigenvalue weighted by atomic mass is 9.93. The van der Waals surface area contributed by atoms with Gasteiger partial charge in [0.15, 0.2) is 0 Å². The van der Waals surface area contributed by atoms with Crippen LogP contribution in [0, 0.1) is 0 Å². The van der Waals surface area contributed by atoms with E-state index in [1.165, 1.54) is 11.3 Å². The first-order chi connectivity index (χ1) is 12.5. The monoisotopic (exact) mass is 353 g/mol. The molecular formula is C21H27N3O2. The summed E-state index contributed by atoms with van der Waals surface area (Å²) in [6.07, 6.45) is 1.25. The molecule has 1 saturated heterocycles. The van der Waals surface area contributed by atoms with Crippen LogP contribution in [0.3, 0.4) is 0 Å². The summed E-state index contributed by atoms with van der Waals surface area (Å²) in [5, 5.41) is 1.80. The topological polar surface area (TPSA) is 43.9 Å². The van der Waals surface area contributed by atoms with Crippen molar-refractivity contribution in [1.29, 1.82) is 0 Å². The maximum atomic E-state index is 12.4. The van der Waals surface area contributed by atoms with Gasteiger partial charge in [0.1, 0.15) is 0 Å². The fourth-order valence-corrected chi connectivity index (χ4v) is 3.52. The molecule has 2 heterocycles. The second-order valence-electron chi connectivity index (χ2n) is 7.03. The molecule has 2 amide bonds. The van der Waals surface area contributed by atoms with E-state index >= 15 is 0 Å². The molecule has 5 nitrogen and oxygen atoms in total. The number of carbonyl (C=O) groups excluding carboxylic acids is 2. The van der Waals surface area contributed by atoms with Crippen molar-refractivity contribution in [3.05, 3.63) is 41.5 Å². The number of nitrogens with zero attached hydrogens (tertiary/aromatic N) is 3. The predicted molar refractivity (Wildman–Crippen MR) is 106 cm³/mol. The molecule has 0 unspecified atom stereocenters. The van der Waals surface area contributed by atoms with Crippen molar-refractivity contribution in [2.45, 2.75) is 20.3 Å². The summed E-state index contributed by atoms with van der Waals surface area (Å²) in [6, 6.07) is 9.62. The number of carbonyl (C=O) groups is 2. The van der Waals surface area contributed by atoms with E-state index in [0.29, 0.717) is 11.1 Å². The van der Waals surface area contributed by atoms with Crippen LogP contribution in [0.4, 0.5) is 5.69 Å². The van der Waals surface area contributed by atoms with E-state index in [1.807, 2.05) is 30.3 Å². The standard InChI is InChI=1S/C18H19N3O2.C3H8/c1-19-8-10-21(11-9-19)15-7-6-14-16-12(15)4-3-5-13(16)17(22)20(2)18(14)23;1-3-2/h3-7H,8-11H2,1-2H3;3H2,1-2H3. The molecule has 2 aromatic carbocycles. The molecule has 0 saturated carbocycles. The lowest BCUT2D eigenvalue weighted by Crippen LogP contribution is -2.44. The van der Waals surface area contributed by atoms with E-state index in [1.54, 1.807) is 7.05 Å². The first kappa shape index (κ1) is 18.4. The Morgan fingerprint density at radius 2 is 1.42 bits per heavy atom. The molecule has 26 heavy (non-hydrogen) atoms. The normalized spacial score (nSPS) is 17.4. The van der Waals surface area contributed by atoms with E-state index in [-0.39, 0.29) is 11.8 Å². The number of benzene rings is 2. The third-order valence-corrected chi connectivity index (χ3v) is 4.93. The van der Waals surface area contributed by atoms with Gasteiger partial charge in [-0.05, 0) is 25.2 Å². The van der Waals surface area contributed by atoms with Crippen molar-refractivity contribution in [2.75, 3.05) is 45.2 Å². The number of hydrogen-bond donors (Lipinski definition) is 0. The van der Waals surface area contributed by atoms with Crippen LogP contribution in [-0.2, 0) is 0 Å². The van der Waals surface area contributed by atoms with Crippen LogP contribution >= 0.6 is 0 Å². The van der Waals surface area contributed by atoms with Crippen molar-refractivity contribution in [2.24, 2.45) is 0 Å². The second kappa shape index (κ2) is 7.46. The molecule has 0 aliphatic carbocycles. The Kier molecular flexibility index (Phi) is 5.28. The maximum absolute atomic E-state index is 12.4. The Bertz CT molecular complexity index is 816. The molecule has 0 spiro atoms. The van der Waals surface area contributed by atoms with E-state index in [0.717, 1.165) is 42.6 Å². The minimum atomic E-state index is -0.219. The van der Waals surface area contributed by atoms with Crippen LogP contribution < -0.4 is 4.90 Å². The minimum Gasteiger partial charge on any atom is -0.368 e. The highest BCUT2D eigenvalue weighted by atomic mass is 16.2. The van der Waals surface area contributed by atoms with Crippen molar-refractivity contribution in [3.63, 3.8) is 0 Å². The highest BCUT2D eigenvalue weighted by molar-refractivity contribution is 6.26. The number of likely N-dealkylation sites (N-methyl/N-ethyl adjacent to an activating group) is 1. The molecule has 0 radical (unpaired) electrons. The van der Waals surface area contributed by atoms with Crippen LogP contribution in [0.25, 0.3) is 10.8 Å². The molecule has 2 aliphatic rings. The molecule has 0 atom stereocenters. The molecule has 0 aromatic heterocycles. The van der Waals surface area contributed by atoms with Gasteiger partial charge in [0.25, 0.3) is 11.8 Å². The van der Waals surface area contributed by atoms with Gasteiger partial charge in [-0.25, -0.2) is 0 Å². The van der Waals surface area contributed by atoms with Gasteiger partial charge in [-0.1, -0.05) is 32.4 Å². The lowest BCUT2D eigenvalue weighted by Gasteiger charge is -2.35. The molecule has 0 bridgehead atoms. The third kappa shape index (κ3) is 3.07. The highest BCUT2D eigenvalue weighted by Crippen LogP contribution is 2.35. The number of amides is 2. The van der Waals surface area contributed by atoms with Crippen LogP contribution in [0.1, 0.15) is 41.0 Å². The first-order valence-corrected chi connectivity index (χ1v) is 9.31. The molecule has 4 rings (SSSR count). The fraction of sp³-hybridized carbons (Fsp3) is 0.429. The smallest absolute Gasteiger partial charge is 0.261 e. The molecule has 0 N–H and O–H groups in total. The summed E-state index contributed by atoms with van der Waals surface area (Å²) in [5.74, 6) is -0.438. The van der Waals surface area contributed by atoms with Gasteiger partial charge in [0.2, 0.25) is 0 Å². The summed E-state index contributed by atoms with van der Waals surface area (Å²) in [7, 11) is 3.67. The zero-order valence-electron chi connectivity index (χ0n) is 16.1. The fourth-order valence-electron chi connectivity index (χ4n) is 3.52. The summed E-state index contributed by atoms with van der Waals surface area (Å²) < 4.78 is 0. The summed E-state index contributed by atoms with van der Waals surface area (Å²) in [4.78, 5) is 30.7. The predicted octanol–water partition coefficient (Wildman–Crippen LogP) is 3.23. The Morgan fingerprint density at radius 1 is 0.846 bits per heavy atom. The van der Waals surface area contributed by atoms with Crippen molar-refractivity contribution >= 4 is 28.3 Å². The third-order valence-electron chi connectivity index (χ3n) is 4.93. The van der Waals surface area contributed by atoms with Crippen LogP contribution in [0.2, 0.25) is 0 Å². The second-order valence-corrected chi connectivity index (χ2v) is 7.03. The first-order valence-electron chi connectivity index (χ1n) is 9.31. The number of hydrogen-bond acceptors (Lipinski definition) is 4. The van der Waals surface area contributed by atoms with E-state index in [2.05, 4.69) is 30.7 Å². The van der Waals surface area contributed by atoms with Crippen LogP contribution in [0.5, 0.6) is 0 Å². The Balaban J connectivity index is 0.000000613. The average molecular weight is 353 g/mol. The lowest BCUT2D eigenvalue weighted by molar-refractivity contribution is 0.0650. The quantitative estimate of drug-likeness (QED) is 0.739. The van der Waals surface area contributed by atoms with E-state index in [4.69, 9.17) is 0 Å². The molecule has 1 fully saturated rings. The molecule has 2 aliphatic heterocycles. The van der Waals surface area contributed by atoms with Gasteiger partial charge in [-0.15, -0.1) is 0 Å². The zero-order valence-corrected chi connectivity index (χ0v) is 16.1. The Labute approximate surface area is 155 Å². The van der Waals surface area contributed by atoms with Gasteiger partial charge in [-0.2, -0.15) is 0 Å². The highest BCUT2D eigenvalue weighted by Gasteiger charge is 2.31. The Hall–Kier alpha value is -2.40. The molecule has 2 aromatic rings. The molecule has 138 valence electrons. The molecular weight excluding hydrogens is 326 g/mol. The average Bonchev–Trinajstić information content (AvgIpc) is 2.65. The van der Waals surface area contributed by atoms with Gasteiger partial charge in [0, 0.05) is 60.8 Å². The van der Waals surface area contributed by atoms with Gasteiger partial charge < -0.3 is 9.80 Å². The van der Waals surface area contributed by atoms with Gasteiger partial charge >= 0.3 is 0 Å². The number of anilines is 1. The van der Waals surface area contributed by atoms with Crippen LogP contribution in [0.15, 0.2) is 30.3 Å². The zero-order chi connectivity index (χ0) is 18.8. The number of imide groups is 1. The van der Waals surface area contributed by atoms with Gasteiger partial charge in [0.05, 0.1) is 0 Å². The summed E-state index contributed by atoms with van der Waals surface area (Å²) >= 11 is 0. The van der Waals surface area contributed by atoms with Crippen molar-refractivity contribution in [3.8, 4) is 0 Å².